The van der Waals surface area contributed by atoms with E-state index in [2.05, 4.69) is 21.8 Å². The van der Waals surface area contributed by atoms with Crippen molar-refractivity contribution in [2.75, 3.05) is 17.3 Å². The van der Waals surface area contributed by atoms with Gasteiger partial charge in [-0.25, -0.2) is 8.42 Å². The number of nitrogens with one attached hydrogen (secondary N) is 1. The van der Waals surface area contributed by atoms with Crippen molar-refractivity contribution in [1.29, 1.82) is 0 Å². The summed E-state index contributed by atoms with van der Waals surface area (Å²) < 4.78 is 27.5. The third-order valence-electron chi connectivity index (χ3n) is 3.43. The molecule has 0 unspecified atom stereocenters. The van der Waals surface area contributed by atoms with Crippen LogP contribution in [0.3, 0.4) is 0 Å². The van der Waals surface area contributed by atoms with E-state index in [-0.39, 0.29) is 16.8 Å². The maximum absolute atomic E-state index is 11.8. The molecule has 0 aliphatic heterocycles. The van der Waals surface area contributed by atoms with Gasteiger partial charge in [-0.05, 0) is 35.5 Å². The fraction of sp³-hybridized carbons (Fsp3) is 0.308. The number of sulfone groups is 1. The molecule has 0 saturated heterocycles. The Kier molecular flexibility index (Phi) is 3.18. The maximum atomic E-state index is 11.8. The number of nitrogens with two attached hydrogens (primary N) is 1. The third-order valence-corrected chi connectivity index (χ3v) is 5.51. The van der Waals surface area contributed by atoms with E-state index in [0.29, 0.717) is 5.00 Å². The lowest BCUT2D eigenvalue weighted by atomic mass is 10.1. The Morgan fingerprint density at radius 2 is 1.90 bits per heavy atom. The van der Waals surface area contributed by atoms with Crippen molar-refractivity contribution in [3.63, 3.8) is 0 Å². The van der Waals surface area contributed by atoms with Gasteiger partial charge in [0.25, 0.3) is 0 Å². The number of hydrogen-bond acceptors (Lipinski definition) is 6. The first-order chi connectivity index (χ1) is 9.45. The summed E-state index contributed by atoms with van der Waals surface area (Å²) in [5, 5.41) is 3.82. The Morgan fingerprint density at radius 3 is 2.45 bits per heavy atom. The molecule has 1 aromatic heterocycles. The molecule has 0 radical (unpaired) electrons. The largest absolute Gasteiger partial charge is 0.382 e. The Balaban J connectivity index is 1.85. The molecule has 0 bridgehead atoms. The van der Waals surface area contributed by atoms with E-state index in [1.54, 1.807) is 0 Å². The number of nitrogens with zero attached hydrogens (tertiary/aromatic N) is 1. The average Bonchev–Trinajstić information content (AvgIpc) is 2.91. The molecule has 1 aliphatic rings. The summed E-state index contributed by atoms with van der Waals surface area (Å²) in [5.74, 6) is 0.0792. The van der Waals surface area contributed by atoms with Crippen LogP contribution < -0.4 is 11.1 Å². The summed E-state index contributed by atoms with van der Waals surface area (Å²) in [6.45, 7) is 0. The minimum absolute atomic E-state index is 0.0792. The zero-order chi connectivity index (χ0) is 14.3. The number of nitrogen functional groups attached to an aromatic ring is 1. The van der Waals surface area contributed by atoms with Crippen molar-refractivity contribution in [3.05, 3.63) is 35.4 Å². The van der Waals surface area contributed by atoms with Crippen LogP contribution in [0.4, 0.5) is 10.8 Å². The summed E-state index contributed by atoms with van der Waals surface area (Å²) in [6, 6.07) is 8.44. The van der Waals surface area contributed by atoms with Crippen molar-refractivity contribution in [2.45, 2.75) is 23.8 Å². The van der Waals surface area contributed by atoms with Crippen LogP contribution in [0.1, 0.15) is 11.1 Å². The van der Waals surface area contributed by atoms with E-state index < -0.39 is 9.84 Å². The summed E-state index contributed by atoms with van der Waals surface area (Å²) in [4.78, 5) is 0.124. The van der Waals surface area contributed by atoms with Crippen molar-refractivity contribution < 1.29 is 8.42 Å². The molecule has 20 heavy (non-hydrogen) atoms. The summed E-state index contributed by atoms with van der Waals surface area (Å²) in [7, 11) is -3.37. The van der Waals surface area contributed by atoms with E-state index >= 15 is 0 Å². The molecule has 3 N–H and O–H groups in total. The second-order valence-corrected chi connectivity index (χ2v) is 7.74. The number of hydrogen-bond donors (Lipinski definition) is 2. The van der Waals surface area contributed by atoms with Gasteiger partial charge in [-0.2, -0.15) is 4.37 Å². The van der Waals surface area contributed by atoms with Crippen LogP contribution in [0.5, 0.6) is 0 Å². The fourth-order valence-corrected chi connectivity index (χ4v) is 4.72. The zero-order valence-corrected chi connectivity index (χ0v) is 12.6. The Hall–Kier alpha value is -1.60. The molecule has 0 amide bonds. The van der Waals surface area contributed by atoms with Crippen molar-refractivity contribution >= 4 is 32.2 Å². The lowest BCUT2D eigenvalue weighted by Gasteiger charge is -2.12. The molecule has 1 heterocycles. The highest BCUT2D eigenvalue weighted by Gasteiger charge is 2.26. The first kappa shape index (κ1) is 13.4. The Morgan fingerprint density at radius 1 is 1.30 bits per heavy atom. The molecule has 1 aliphatic carbocycles. The highest BCUT2D eigenvalue weighted by Crippen LogP contribution is 2.33. The van der Waals surface area contributed by atoms with Gasteiger partial charge < -0.3 is 11.1 Å². The number of benzene rings is 1. The number of aromatic nitrogens is 1. The van der Waals surface area contributed by atoms with Crippen LogP contribution in [-0.4, -0.2) is 25.1 Å². The molecule has 0 atom stereocenters. The lowest BCUT2D eigenvalue weighted by molar-refractivity contribution is 0.602. The lowest BCUT2D eigenvalue weighted by Crippen LogP contribution is -2.20. The molecule has 7 heteroatoms. The van der Waals surface area contributed by atoms with E-state index in [4.69, 9.17) is 5.73 Å². The fourth-order valence-electron chi connectivity index (χ4n) is 2.59. The van der Waals surface area contributed by atoms with Gasteiger partial charge in [0, 0.05) is 12.3 Å². The first-order valence-corrected chi connectivity index (χ1v) is 8.90. The van der Waals surface area contributed by atoms with Gasteiger partial charge in [0.15, 0.2) is 15.7 Å². The highest BCUT2D eigenvalue weighted by molar-refractivity contribution is 7.91. The van der Waals surface area contributed by atoms with Crippen LogP contribution in [0.2, 0.25) is 0 Å². The summed E-state index contributed by atoms with van der Waals surface area (Å²) >= 11 is 1.10. The van der Waals surface area contributed by atoms with E-state index in [9.17, 15) is 8.42 Å². The second kappa shape index (κ2) is 4.75. The van der Waals surface area contributed by atoms with Crippen LogP contribution >= 0.6 is 11.5 Å². The second-order valence-electron chi connectivity index (χ2n) is 5.02. The van der Waals surface area contributed by atoms with Crippen molar-refractivity contribution in [3.8, 4) is 0 Å². The highest BCUT2D eigenvalue weighted by atomic mass is 32.2. The third kappa shape index (κ3) is 2.38. The molecule has 1 aromatic carbocycles. The minimum Gasteiger partial charge on any atom is -0.382 e. The van der Waals surface area contributed by atoms with Crippen LogP contribution in [0, 0.1) is 0 Å². The van der Waals surface area contributed by atoms with Gasteiger partial charge in [-0.15, -0.1) is 0 Å². The SMILES string of the molecule is CS(=O)(=O)c1c(N)nsc1NC1Cc2ccccc2C1. The summed E-state index contributed by atoms with van der Waals surface area (Å²) in [6.07, 6.45) is 2.93. The Labute approximate surface area is 121 Å². The molecule has 3 rings (SSSR count). The van der Waals surface area contributed by atoms with E-state index in [1.807, 2.05) is 12.1 Å². The van der Waals surface area contributed by atoms with Gasteiger partial charge in [0.1, 0.15) is 9.90 Å². The van der Waals surface area contributed by atoms with Gasteiger partial charge in [0.05, 0.1) is 0 Å². The van der Waals surface area contributed by atoms with Crippen LogP contribution in [0.25, 0.3) is 0 Å². The van der Waals surface area contributed by atoms with Gasteiger partial charge in [0.2, 0.25) is 0 Å². The zero-order valence-electron chi connectivity index (χ0n) is 11.0. The molecular weight excluding hydrogens is 294 g/mol. The normalized spacial score (nSPS) is 15.2. The van der Waals surface area contributed by atoms with Crippen molar-refractivity contribution in [1.82, 2.24) is 4.37 Å². The Bertz CT molecular complexity index is 728. The predicted octanol–water partition coefficient (Wildman–Crippen LogP) is 1.71. The van der Waals surface area contributed by atoms with Crippen molar-refractivity contribution in [2.24, 2.45) is 0 Å². The van der Waals surface area contributed by atoms with E-state index in [1.165, 1.54) is 11.1 Å². The van der Waals surface area contributed by atoms with Gasteiger partial charge in [-0.3, -0.25) is 0 Å². The minimum atomic E-state index is -3.37. The molecular formula is C13H15N3O2S2. The monoisotopic (exact) mass is 309 g/mol. The first-order valence-electron chi connectivity index (χ1n) is 6.23. The molecule has 0 saturated carbocycles. The number of anilines is 2. The molecule has 2 aromatic rings. The molecule has 0 fully saturated rings. The average molecular weight is 309 g/mol. The number of fused-ring (bicyclic) bond motifs is 1. The maximum Gasteiger partial charge on any atom is 0.182 e. The molecule has 106 valence electrons. The van der Waals surface area contributed by atoms with Crippen LogP contribution in [-0.2, 0) is 22.7 Å². The van der Waals surface area contributed by atoms with Gasteiger partial charge >= 0.3 is 0 Å². The quantitative estimate of drug-likeness (QED) is 0.901. The topological polar surface area (TPSA) is 85.1 Å². The van der Waals surface area contributed by atoms with Gasteiger partial charge in [-0.1, -0.05) is 24.3 Å². The molecule has 5 nitrogen and oxygen atoms in total. The van der Waals surface area contributed by atoms with Crippen LogP contribution in [0.15, 0.2) is 29.2 Å². The standard InChI is InChI=1S/C13H15N3O2S2/c1-20(17,18)11-12(14)16-19-13(11)15-10-6-8-4-2-3-5-9(8)7-10/h2-5,10,15H,6-7H2,1H3,(H2,14,16). The number of rotatable bonds is 3. The molecule has 0 spiro atoms. The van der Waals surface area contributed by atoms with E-state index in [0.717, 1.165) is 30.6 Å². The smallest absolute Gasteiger partial charge is 0.182 e. The summed E-state index contributed by atoms with van der Waals surface area (Å²) in [5.41, 5.74) is 8.28. The predicted molar refractivity (Wildman–Crippen MR) is 80.9 cm³/mol.